The summed E-state index contributed by atoms with van der Waals surface area (Å²) >= 11 is 6.69. The first kappa shape index (κ1) is 29.9. The number of hydrogen-bond donors (Lipinski definition) is 0. The van der Waals surface area contributed by atoms with Crippen LogP contribution in [0.15, 0.2) is 61.0 Å². The SMILES string of the molecule is C=C(F)C(=O)N1CCN(c2nc(OC[C@@H]3CCCN3C)nc3c2CCN(c2cccc4cccc(Cl)c24)C3)CC1/C=C/C#N. The molecule has 2 fully saturated rings. The van der Waals surface area contributed by atoms with Crippen LogP contribution >= 0.6 is 11.6 Å². The second kappa shape index (κ2) is 12.8. The number of likely N-dealkylation sites (N-methyl/N-ethyl adjacent to an activating group) is 1. The summed E-state index contributed by atoms with van der Waals surface area (Å²) in [6.07, 6.45) is 5.84. The quantitative estimate of drug-likeness (QED) is 0.274. The standard InChI is InChI=1S/C33H35ClFN7O2/c1-22(35)32(43)42-18-17-41(19-24(42)9-5-14-36)31-26-13-16-40(29-12-4-8-23-7-3-11-27(34)30(23)29)20-28(26)37-33(38-31)44-21-25-10-6-15-39(25)2/h3-5,7-9,11-12,24-25H,1,6,10,13,15-21H2,2H3/b9-5+/t24?,25-/m0/s1. The number of allylic oxidation sites excluding steroid dienone is 1. The van der Waals surface area contributed by atoms with Crippen LogP contribution in [0, 0.1) is 11.3 Å². The van der Waals surface area contributed by atoms with E-state index in [1.54, 1.807) is 6.08 Å². The van der Waals surface area contributed by atoms with Gasteiger partial charge in [-0.25, -0.2) is 4.39 Å². The van der Waals surface area contributed by atoms with E-state index in [1.165, 1.54) is 11.0 Å². The maximum absolute atomic E-state index is 13.9. The molecule has 0 aliphatic carbocycles. The highest BCUT2D eigenvalue weighted by Crippen LogP contribution is 2.37. The van der Waals surface area contributed by atoms with Crippen molar-refractivity contribution in [3.63, 3.8) is 0 Å². The molecule has 4 heterocycles. The lowest BCUT2D eigenvalue weighted by Crippen LogP contribution is -2.55. The predicted octanol–water partition coefficient (Wildman–Crippen LogP) is 4.90. The second-order valence-corrected chi connectivity index (χ2v) is 11.9. The molecule has 2 aromatic carbocycles. The average Bonchev–Trinajstić information content (AvgIpc) is 3.45. The second-order valence-electron chi connectivity index (χ2n) is 11.5. The van der Waals surface area contributed by atoms with Crippen molar-refractivity contribution in [3.8, 4) is 12.1 Å². The number of hydrogen-bond acceptors (Lipinski definition) is 8. The van der Waals surface area contributed by atoms with Crippen molar-refractivity contribution >= 4 is 39.8 Å². The van der Waals surface area contributed by atoms with Crippen LogP contribution in [0.25, 0.3) is 10.8 Å². The van der Waals surface area contributed by atoms with Crippen molar-refractivity contribution in [1.82, 2.24) is 19.8 Å². The molecule has 3 aromatic rings. The molecule has 6 rings (SSSR count). The van der Waals surface area contributed by atoms with Crippen LogP contribution in [-0.4, -0.2) is 84.1 Å². The third-order valence-electron chi connectivity index (χ3n) is 8.88. The van der Waals surface area contributed by atoms with Crippen LogP contribution in [0.3, 0.4) is 0 Å². The van der Waals surface area contributed by atoms with Gasteiger partial charge in [0.05, 0.1) is 29.4 Å². The zero-order chi connectivity index (χ0) is 30.8. The van der Waals surface area contributed by atoms with Crippen molar-refractivity contribution in [2.75, 3.05) is 56.2 Å². The number of ether oxygens (including phenoxy) is 1. The lowest BCUT2D eigenvalue weighted by Gasteiger charge is -2.42. The van der Waals surface area contributed by atoms with Crippen LogP contribution in [0.5, 0.6) is 6.01 Å². The van der Waals surface area contributed by atoms with Crippen LogP contribution in [0.2, 0.25) is 5.02 Å². The number of benzene rings is 2. The Hall–Kier alpha value is -4.20. The maximum Gasteiger partial charge on any atom is 0.318 e. The Morgan fingerprint density at radius 1 is 1.18 bits per heavy atom. The number of amides is 1. The van der Waals surface area contributed by atoms with E-state index in [0.717, 1.165) is 59.5 Å². The van der Waals surface area contributed by atoms with E-state index in [9.17, 15) is 14.4 Å². The Labute approximate surface area is 261 Å². The minimum absolute atomic E-state index is 0.255. The minimum Gasteiger partial charge on any atom is -0.462 e. The van der Waals surface area contributed by atoms with Gasteiger partial charge < -0.3 is 24.3 Å². The molecule has 1 amide bonds. The summed E-state index contributed by atoms with van der Waals surface area (Å²) in [7, 11) is 2.11. The topological polar surface area (TPSA) is 88.8 Å². The van der Waals surface area contributed by atoms with Crippen molar-refractivity contribution in [2.45, 2.75) is 37.9 Å². The summed E-state index contributed by atoms with van der Waals surface area (Å²) in [5.41, 5.74) is 2.95. The van der Waals surface area contributed by atoms with Gasteiger partial charge in [0.15, 0.2) is 5.83 Å². The summed E-state index contributed by atoms with van der Waals surface area (Å²) in [6, 6.07) is 14.2. The summed E-state index contributed by atoms with van der Waals surface area (Å²) in [5.74, 6) is -1.03. The highest BCUT2D eigenvalue weighted by molar-refractivity contribution is 6.36. The van der Waals surface area contributed by atoms with E-state index >= 15 is 0 Å². The maximum atomic E-state index is 13.9. The summed E-state index contributed by atoms with van der Waals surface area (Å²) in [6.45, 7) is 7.04. The number of likely N-dealkylation sites (tertiary alicyclic amines) is 1. The smallest absolute Gasteiger partial charge is 0.318 e. The molecule has 0 N–H and O–H groups in total. The van der Waals surface area contributed by atoms with Crippen LogP contribution in [0.1, 0.15) is 24.1 Å². The molecule has 11 heteroatoms. The highest BCUT2D eigenvalue weighted by Gasteiger charge is 2.34. The number of anilines is 2. The zero-order valence-electron chi connectivity index (χ0n) is 24.8. The van der Waals surface area contributed by atoms with Gasteiger partial charge in [-0.1, -0.05) is 42.4 Å². The molecule has 1 aromatic heterocycles. The Balaban J connectivity index is 1.35. The van der Waals surface area contributed by atoms with Crippen molar-refractivity contribution < 1.29 is 13.9 Å². The summed E-state index contributed by atoms with van der Waals surface area (Å²) in [4.78, 5) is 30.5. The van der Waals surface area contributed by atoms with Gasteiger partial charge in [-0.2, -0.15) is 15.2 Å². The number of nitriles is 1. The molecule has 228 valence electrons. The monoisotopic (exact) mass is 615 g/mol. The lowest BCUT2D eigenvalue weighted by molar-refractivity contribution is -0.130. The van der Waals surface area contributed by atoms with E-state index < -0.39 is 17.8 Å². The van der Waals surface area contributed by atoms with Gasteiger partial charge in [-0.3, -0.25) is 4.79 Å². The Morgan fingerprint density at radius 2 is 2.00 bits per heavy atom. The van der Waals surface area contributed by atoms with E-state index in [-0.39, 0.29) is 6.54 Å². The Bertz CT molecular complexity index is 1650. The van der Waals surface area contributed by atoms with E-state index in [4.69, 9.17) is 26.3 Å². The Morgan fingerprint density at radius 3 is 2.75 bits per heavy atom. The van der Waals surface area contributed by atoms with Crippen molar-refractivity contribution in [3.05, 3.63) is 77.2 Å². The van der Waals surface area contributed by atoms with E-state index in [1.807, 2.05) is 24.3 Å². The molecule has 0 radical (unpaired) electrons. The van der Waals surface area contributed by atoms with Gasteiger partial charge in [0.25, 0.3) is 5.91 Å². The molecular formula is C33H35ClFN7O2. The highest BCUT2D eigenvalue weighted by atomic mass is 35.5. The van der Waals surface area contributed by atoms with Gasteiger partial charge in [0, 0.05) is 54.9 Å². The van der Waals surface area contributed by atoms with Crippen LogP contribution in [-0.2, 0) is 17.8 Å². The minimum atomic E-state index is -1.02. The zero-order valence-corrected chi connectivity index (χ0v) is 25.5. The molecule has 3 aliphatic heterocycles. The molecule has 3 aliphatic rings. The largest absolute Gasteiger partial charge is 0.462 e. The molecule has 2 atom stereocenters. The van der Waals surface area contributed by atoms with Gasteiger partial charge in [-0.05, 0) is 56.4 Å². The summed E-state index contributed by atoms with van der Waals surface area (Å²) < 4.78 is 20.1. The predicted molar refractivity (Wildman–Crippen MR) is 170 cm³/mol. The fraction of sp³-hybridized carbons (Fsp3) is 0.394. The Kier molecular flexibility index (Phi) is 8.69. The normalized spacial score (nSPS) is 20.6. The average molecular weight is 616 g/mol. The number of fused-ring (bicyclic) bond motifs is 2. The fourth-order valence-corrected chi connectivity index (χ4v) is 6.83. The number of carbonyl (C=O) groups excluding carboxylic acids is 1. The number of rotatable bonds is 7. The van der Waals surface area contributed by atoms with Crippen LogP contribution in [0.4, 0.5) is 15.9 Å². The molecule has 0 bridgehead atoms. The molecule has 44 heavy (non-hydrogen) atoms. The number of carbonyl (C=O) groups is 1. The lowest BCUT2D eigenvalue weighted by atomic mass is 10.0. The van der Waals surface area contributed by atoms with Gasteiger partial charge in [-0.15, -0.1) is 0 Å². The molecule has 9 nitrogen and oxygen atoms in total. The molecule has 0 saturated carbocycles. The number of nitrogens with zero attached hydrogens (tertiary/aromatic N) is 7. The van der Waals surface area contributed by atoms with Crippen molar-refractivity contribution in [1.29, 1.82) is 5.26 Å². The first-order chi connectivity index (χ1) is 21.3. The first-order valence-corrected chi connectivity index (χ1v) is 15.3. The van der Waals surface area contributed by atoms with Gasteiger partial charge >= 0.3 is 6.01 Å². The first-order valence-electron chi connectivity index (χ1n) is 15.0. The van der Waals surface area contributed by atoms with E-state index in [2.05, 4.69) is 46.5 Å². The van der Waals surface area contributed by atoms with E-state index in [0.29, 0.717) is 49.7 Å². The number of aromatic nitrogens is 2. The van der Waals surface area contributed by atoms with Gasteiger partial charge in [0.2, 0.25) is 0 Å². The van der Waals surface area contributed by atoms with Crippen molar-refractivity contribution in [2.24, 2.45) is 0 Å². The summed E-state index contributed by atoms with van der Waals surface area (Å²) in [5, 5.41) is 12.0. The third-order valence-corrected chi connectivity index (χ3v) is 9.19. The fourth-order valence-electron chi connectivity index (χ4n) is 6.55. The van der Waals surface area contributed by atoms with Gasteiger partial charge in [0.1, 0.15) is 12.4 Å². The molecule has 2 saturated heterocycles. The number of piperazine rings is 1. The molecular weight excluding hydrogens is 581 g/mol. The van der Waals surface area contributed by atoms with Crippen LogP contribution < -0.4 is 14.5 Å². The molecule has 0 spiro atoms. The number of halogens is 2. The third kappa shape index (κ3) is 5.94. The molecule has 1 unspecified atom stereocenters.